The second kappa shape index (κ2) is 7.72. The van der Waals surface area contributed by atoms with Gasteiger partial charge in [-0.2, -0.15) is 0 Å². The van der Waals surface area contributed by atoms with E-state index in [0.29, 0.717) is 17.4 Å². The largest absolute Gasteiger partial charge is 0.508 e. The first-order valence-corrected chi connectivity index (χ1v) is 8.85. The van der Waals surface area contributed by atoms with Gasteiger partial charge in [-0.15, -0.1) is 0 Å². The molecular weight excluding hydrogens is 334 g/mol. The number of nitrogens with one attached hydrogen (secondary N) is 1. The van der Waals surface area contributed by atoms with Crippen LogP contribution in [-0.4, -0.2) is 28.1 Å². The molecule has 0 aliphatic carbocycles. The number of pyridine rings is 1. The molecular formula is C20H22ClN3O. The molecule has 3 aromatic rings. The fraction of sp³-hybridized carbons (Fsp3) is 0.250. The van der Waals surface area contributed by atoms with Crippen molar-refractivity contribution < 1.29 is 5.11 Å². The fourth-order valence-electron chi connectivity index (χ4n) is 2.88. The Balaban J connectivity index is 1.94. The number of fused-ring (bicyclic) bond motifs is 1. The number of nitrogens with zero attached hydrogens (tertiary/aromatic N) is 2. The van der Waals surface area contributed by atoms with Gasteiger partial charge in [0, 0.05) is 23.2 Å². The number of rotatable bonds is 6. The Bertz CT molecular complexity index is 878. The van der Waals surface area contributed by atoms with Gasteiger partial charge in [-0.3, -0.25) is 4.90 Å². The van der Waals surface area contributed by atoms with Crippen molar-refractivity contribution >= 4 is 33.9 Å². The van der Waals surface area contributed by atoms with Gasteiger partial charge in [0.25, 0.3) is 0 Å². The molecule has 2 aromatic carbocycles. The molecule has 1 heterocycles. The number of hydrogen-bond acceptors (Lipinski definition) is 4. The zero-order valence-corrected chi connectivity index (χ0v) is 15.2. The SMILES string of the molecule is CCN(CC)Cc1cc(Nc2cc(Cl)nc3ccccc23)ccc1O. The van der Waals surface area contributed by atoms with Crippen LogP contribution in [0.25, 0.3) is 10.9 Å². The predicted molar refractivity (Wildman–Crippen MR) is 105 cm³/mol. The van der Waals surface area contributed by atoms with E-state index in [-0.39, 0.29) is 0 Å². The molecule has 0 saturated heterocycles. The lowest BCUT2D eigenvalue weighted by Gasteiger charge is -2.19. The van der Waals surface area contributed by atoms with Gasteiger partial charge in [0.2, 0.25) is 0 Å². The summed E-state index contributed by atoms with van der Waals surface area (Å²) in [6, 6.07) is 15.3. The molecule has 0 aliphatic rings. The van der Waals surface area contributed by atoms with Crippen LogP contribution in [0.3, 0.4) is 0 Å². The van der Waals surface area contributed by atoms with Crippen LogP contribution < -0.4 is 5.32 Å². The molecule has 0 atom stereocenters. The molecule has 1 aromatic heterocycles. The number of phenolic OH excluding ortho intramolecular Hbond substituents is 1. The van der Waals surface area contributed by atoms with Crippen LogP contribution in [0.4, 0.5) is 11.4 Å². The molecule has 0 fully saturated rings. The highest BCUT2D eigenvalue weighted by Gasteiger charge is 2.09. The van der Waals surface area contributed by atoms with Crippen molar-refractivity contribution in [2.75, 3.05) is 18.4 Å². The van der Waals surface area contributed by atoms with Crippen molar-refractivity contribution in [2.24, 2.45) is 0 Å². The third-order valence-electron chi connectivity index (χ3n) is 4.33. The van der Waals surface area contributed by atoms with Gasteiger partial charge in [0.1, 0.15) is 10.9 Å². The molecule has 4 nitrogen and oxygen atoms in total. The van der Waals surface area contributed by atoms with Crippen LogP contribution >= 0.6 is 11.6 Å². The van der Waals surface area contributed by atoms with E-state index in [0.717, 1.165) is 40.9 Å². The molecule has 0 spiro atoms. The van der Waals surface area contributed by atoms with E-state index < -0.39 is 0 Å². The van der Waals surface area contributed by atoms with Crippen molar-refractivity contribution in [3.8, 4) is 5.75 Å². The van der Waals surface area contributed by atoms with Gasteiger partial charge < -0.3 is 10.4 Å². The van der Waals surface area contributed by atoms with Crippen LogP contribution in [0.2, 0.25) is 5.15 Å². The van der Waals surface area contributed by atoms with Gasteiger partial charge in [-0.05, 0) is 43.4 Å². The topological polar surface area (TPSA) is 48.4 Å². The molecule has 3 rings (SSSR count). The van der Waals surface area contributed by atoms with E-state index in [1.54, 1.807) is 6.07 Å². The average molecular weight is 356 g/mol. The molecule has 5 heteroatoms. The molecule has 25 heavy (non-hydrogen) atoms. The Morgan fingerprint density at radius 1 is 1.08 bits per heavy atom. The quantitative estimate of drug-likeness (QED) is 0.472. The number of aromatic nitrogens is 1. The number of aromatic hydroxyl groups is 1. The average Bonchev–Trinajstić information content (AvgIpc) is 2.62. The minimum Gasteiger partial charge on any atom is -0.508 e. The lowest BCUT2D eigenvalue weighted by atomic mass is 10.1. The highest BCUT2D eigenvalue weighted by Crippen LogP contribution is 2.30. The normalized spacial score (nSPS) is 11.2. The summed E-state index contributed by atoms with van der Waals surface area (Å²) < 4.78 is 0. The Kier molecular flexibility index (Phi) is 5.41. The molecule has 130 valence electrons. The van der Waals surface area contributed by atoms with E-state index in [2.05, 4.69) is 29.0 Å². The summed E-state index contributed by atoms with van der Waals surface area (Å²) in [5.41, 5.74) is 3.56. The molecule has 0 aliphatic heterocycles. The van der Waals surface area contributed by atoms with Gasteiger partial charge >= 0.3 is 0 Å². The van der Waals surface area contributed by atoms with Crippen molar-refractivity contribution in [2.45, 2.75) is 20.4 Å². The first-order valence-electron chi connectivity index (χ1n) is 8.47. The number of hydrogen-bond donors (Lipinski definition) is 2. The molecule has 0 bridgehead atoms. The minimum atomic E-state index is 0.315. The number of halogens is 1. The van der Waals surface area contributed by atoms with Gasteiger partial charge in [-0.25, -0.2) is 4.98 Å². The molecule has 0 amide bonds. The lowest BCUT2D eigenvalue weighted by molar-refractivity contribution is 0.291. The fourth-order valence-corrected chi connectivity index (χ4v) is 3.08. The van der Waals surface area contributed by atoms with Crippen molar-refractivity contribution in [3.05, 3.63) is 59.2 Å². The van der Waals surface area contributed by atoms with E-state index in [4.69, 9.17) is 11.6 Å². The summed E-state index contributed by atoms with van der Waals surface area (Å²) in [4.78, 5) is 6.61. The monoisotopic (exact) mass is 355 g/mol. The van der Waals surface area contributed by atoms with Gasteiger partial charge in [0.15, 0.2) is 0 Å². The smallest absolute Gasteiger partial charge is 0.131 e. The van der Waals surface area contributed by atoms with Crippen LogP contribution in [0.15, 0.2) is 48.5 Å². The number of anilines is 2. The van der Waals surface area contributed by atoms with Crippen molar-refractivity contribution in [1.82, 2.24) is 9.88 Å². The van der Waals surface area contributed by atoms with Crippen LogP contribution in [-0.2, 0) is 6.54 Å². The summed E-state index contributed by atoms with van der Waals surface area (Å²) >= 11 is 6.16. The van der Waals surface area contributed by atoms with Crippen molar-refractivity contribution in [1.29, 1.82) is 0 Å². The summed E-state index contributed by atoms with van der Waals surface area (Å²) in [6.45, 7) is 6.84. The first-order chi connectivity index (χ1) is 12.1. The lowest BCUT2D eigenvalue weighted by Crippen LogP contribution is -2.22. The zero-order valence-electron chi connectivity index (χ0n) is 14.5. The summed E-state index contributed by atoms with van der Waals surface area (Å²) in [7, 11) is 0. The number of benzene rings is 2. The standard InChI is InChI=1S/C20H22ClN3O/c1-3-24(4-2)13-14-11-15(9-10-19(14)25)22-18-12-20(21)23-17-8-6-5-7-16(17)18/h5-12,25H,3-4,13H2,1-2H3,(H,22,23). The molecule has 0 radical (unpaired) electrons. The second-order valence-corrected chi connectivity index (χ2v) is 6.33. The van der Waals surface area contributed by atoms with Gasteiger partial charge in [-0.1, -0.05) is 43.6 Å². The van der Waals surface area contributed by atoms with E-state index in [1.165, 1.54) is 0 Å². The first kappa shape index (κ1) is 17.5. The van der Waals surface area contributed by atoms with Crippen LogP contribution in [0.1, 0.15) is 19.4 Å². The predicted octanol–water partition coefficient (Wildman–Crippen LogP) is 5.18. The summed E-state index contributed by atoms with van der Waals surface area (Å²) in [5, 5.41) is 15.0. The maximum absolute atomic E-state index is 10.2. The Morgan fingerprint density at radius 3 is 2.60 bits per heavy atom. The Morgan fingerprint density at radius 2 is 1.84 bits per heavy atom. The molecule has 2 N–H and O–H groups in total. The van der Waals surface area contributed by atoms with Crippen LogP contribution in [0.5, 0.6) is 5.75 Å². The third kappa shape index (κ3) is 4.03. The Labute approximate surface area is 153 Å². The highest BCUT2D eigenvalue weighted by atomic mass is 35.5. The maximum atomic E-state index is 10.2. The third-order valence-corrected chi connectivity index (χ3v) is 4.53. The van der Waals surface area contributed by atoms with Crippen LogP contribution in [0, 0.1) is 0 Å². The van der Waals surface area contributed by atoms with E-state index >= 15 is 0 Å². The zero-order chi connectivity index (χ0) is 17.8. The minimum absolute atomic E-state index is 0.315. The molecule has 0 unspecified atom stereocenters. The maximum Gasteiger partial charge on any atom is 0.131 e. The van der Waals surface area contributed by atoms with Gasteiger partial charge in [0.05, 0.1) is 11.2 Å². The Hall–Kier alpha value is -2.30. The molecule has 0 saturated carbocycles. The number of phenols is 1. The van der Waals surface area contributed by atoms with E-state index in [1.807, 2.05) is 42.5 Å². The second-order valence-electron chi connectivity index (χ2n) is 5.94. The summed E-state index contributed by atoms with van der Waals surface area (Å²) in [5.74, 6) is 0.315. The van der Waals surface area contributed by atoms with Crippen molar-refractivity contribution in [3.63, 3.8) is 0 Å². The summed E-state index contributed by atoms with van der Waals surface area (Å²) in [6.07, 6.45) is 0. The van der Waals surface area contributed by atoms with E-state index in [9.17, 15) is 5.11 Å². The number of para-hydroxylation sites is 1. The highest BCUT2D eigenvalue weighted by molar-refractivity contribution is 6.30.